The van der Waals surface area contributed by atoms with Crippen LogP contribution in [0.1, 0.15) is 232 Å². The Labute approximate surface area is 362 Å². The van der Waals surface area contributed by atoms with Gasteiger partial charge in [-0.3, -0.25) is 4.79 Å². The van der Waals surface area contributed by atoms with Crippen molar-refractivity contribution < 1.29 is 39.8 Å². The maximum absolute atomic E-state index is 13.0. The molecular weight excluding hydrogens is 743 g/mol. The van der Waals surface area contributed by atoms with Crippen molar-refractivity contribution in [3.8, 4) is 0 Å². The van der Waals surface area contributed by atoms with Gasteiger partial charge in [-0.15, -0.1) is 0 Å². The van der Waals surface area contributed by atoms with E-state index in [9.17, 15) is 30.3 Å². The van der Waals surface area contributed by atoms with Gasteiger partial charge in [-0.2, -0.15) is 0 Å². The maximum atomic E-state index is 13.0. The highest BCUT2D eigenvalue weighted by molar-refractivity contribution is 5.76. The molecule has 6 N–H and O–H groups in total. The lowest BCUT2D eigenvalue weighted by Crippen LogP contribution is -2.60. The molecule has 0 radical (unpaired) electrons. The van der Waals surface area contributed by atoms with Crippen molar-refractivity contribution >= 4 is 5.91 Å². The second-order valence-corrected chi connectivity index (χ2v) is 17.6. The zero-order chi connectivity index (χ0) is 43.0. The van der Waals surface area contributed by atoms with Gasteiger partial charge in [-0.1, -0.05) is 205 Å². The van der Waals surface area contributed by atoms with E-state index in [4.69, 9.17) is 9.47 Å². The summed E-state index contributed by atoms with van der Waals surface area (Å²) in [6, 6.07) is -0.802. The van der Waals surface area contributed by atoms with E-state index >= 15 is 0 Å². The Morgan fingerprint density at radius 2 is 0.949 bits per heavy atom. The molecule has 0 bridgehead atoms. The third-order valence-electron chi connectivity index (χ3n) is 12.0. The molecule has 7 unspecified atom stereocenters. The molecule has 9 nitrogen and oxygen atoms in total. The predicted octanol–water partition coefficient (Wildman–Crippen LogP) is 11.1. The zero-order valence-electron chi connectivity index (χ0n) is 38.3. The number of hydrogen-bond acceptors (Lipinski definition) is 8. The SMILES string of the molecule is CCCCCCCCCCC/C=C/C(O)C(COC1OC(CO)C(O)C(O)C1O)NC(=O)CCCCCCCCCCC/C=C\CCCCCCCCCCCCCC. The van der Waals surface area contributed by atoms with Crippen LogP contribution in [0.3, 0.4) is 0 Å². The summed E-state index contributed by atoms with van der Waals surface area (Å²) in [6.45, 7) is 3.77. The normalized spacial score (nSPS) is 20.8. The van der Waals surface area contributed by atoms with Gasteiger partial charge in [0.25, 0.3) is 0 Å². The maximum Gasteiger partial charge on any atom is 0.220 e. The van der Waals surface area contributed by atoms with Crippen LogP contribution < -0.4 is 5.32 Å². The number of amides is 1. The van der Waals surface area contributed by atoms with Crippen molar-refractivity contribution in [3.63, 3.8) is 0 Å². The van der Waals surface area contributed by atoms with Crippen molar-refractivity contribution in [1.29, 1.82) is 0 Å². The molecule has 1 rings (SSSR count). The Kier molecular flexibility index (Phi) is 38.4. The second-order valence-electron chi connectivity index (χ2n) is 17.6. The first-order chi connectivity index (χ1) is 28.8. The van der Waals surface area contributed by atoms with Crippen LogP contribution in [0.2, 0.25) is 0 Å². The lowest BCUT2D eigenvalue weighted by Gasteiger charge is -2.40. The van der Waals surface area contributed by atoms with E-state index in [2.05, 4.69) is 31.3 Å². The third-order valence-corrected chi connectivity index (χ3v) is 12.0. The lowest BCUT2D eigenvalue weighted by molar-refractivity contribution is -0.302. The van der Waals surface area contributed by atoms with Crippen molar-refractivity contribution in [1.82, 2.24) is 5.32 Å². The van der Waals surface area contributed by atoms with Crippen LogP contribution in [0, 0.1) is 0 Å². The molecule has 7 atom stereocenters. The predicted molar refractivity (Wildman–Crippen MR) is 244 cm³/mol. The van der Waals surface area contributed by atoms with Crippen LogP contribution in [0.15, 0.2) is 24.3 Å². The topological polar surface area (TPSA) is 149 Å². The smallest absolute Gasteiger partial charge is 0.220 e. The summed E-state index contributed by atoms with van der Waals surface area (Å²) in [5.74, 6) is -0.179. The molecule has 1 aliphatic heterocycles. The van der Waals surface area contributed by atoms with Crippen molar-refractivity contribution in [2.75, 3.05) is 13.2 Å². The van der Waals surface area contributed by atoms with Crippen LogP contribution in [0.25, 0.3) is 0 Å². The van der Waals surface area contributed by atoms with Crippen molar-refractivity contribution in [2.24, 2.45) is 0 Å². The summed E-state index contributed by atoms with van der Waals surface area (Å²) in [5.41, 5.74) is 0. The molecule has 0 aromatic carbocycles. The van der Waals surface area contributed by atoms with E-state index < -0.39 is 49.5 Å². The van der Waals surface area contributed by atoms with Gasteiger partial charge >= 0.3 is 0 Å². The van der Waals surface area contributed by atoms with Gasteiger partial charge in [0, 0.05) is 6.42 Å². The molecule has 0 saturated carbocycles. The van der Waals surface area contributed by atoms with E-state index in [1.165, 1.54) is 173 Å². The lowest BCUT2D eigenvalue weighted by atomic mass is 9.99. The zero-order valence-corrected chi connectivity index (χ0v) is 38.3. The molecule has 0 aromatic heterocycles. The van der Waals surface area contributed by atoms with Gasteiger partial charge in [-0.25, -0.2) is 0 Å². The van der Waals surface area contributed by atoms with E-state index in [1.807, 2.05) is 6.08 Å². The summed E-state index contributed by atoms with van der Waals surface area (Å²) in [7, 11) is 0. The summed E-state index contributed by atoms with van der Waals surface area (Å²) in [4.78, 5) is 13.0. The van der Waals surface area contributed by atoms with Gasteiger partial charge in [0.1, 0.15) is 24.4 Å². The highest BCUT2D eigenvalue weighted by Crippen LogP contribution is 2.23. The number of aliphatic hydroxyl groups is 5. The average Bonchev–Trinajstić information content (AvgIpc) is 3.23. The van der Waals surface area contributed by atoms with Crippen LogP contribution in [0.5, 0.6) is 0 Å². The molecule has 1 amide bonds. The minimum atomic E-state index is -1.56. The molecule has 9 heteroatoms. The number of hydrogen-bond donors (Lipinski definition) is 6. The van der Waals surface area contributed by atoms with Gasteiger partial charge in [-0.05, 0) is 44.9 Å². The molecule has 0 aliphatic carbocycles. The minimum absolute atomic E-state index is 0.179. The van der Waals surface area contributed by atoms with Gasteiger partial charge in [0.05, 0.1) is 25.4 Å². The summed E-state index contributed by atoms with van der Waals surface area (Å²) in [5, 5.41) is 54.2. The van der Waals surface area contributed by atoms with Gasteiger partial charge in [0.15, 0.2) is 6.29 Å². The summed E-state index contributed by atoms with van der Waals surface area (Å²) < 4.78 is 11.2. The van der Waals surface area contributed by atoms with E-state index in [0.717, 1.165) is 38.5 Å². The molecule has 1 heterocycles. The minimum Gasteiger partial charge on any atom is -0.394 e. The molecule has 1 aliphatic rings. The fraction of sp³-hybridized carbons (Fsp3) is 0.900. The van der Waals surface area contributed by atoms with Crippen LogP contribution >= 0.6 is 0 Å². The standard InChI is InChI=1S/C50H95NO8/c1-3-5-7-9-11-13-15-16-17-18-19-20-21-22-23-24-25-26-27-28-30-32-34-36-38-40-46(54)51-43(42-58-50-49(57)48(56)47(55)45(41-52)59-50)44(53)39-37-35-33-31-29-14-12-10-8-6-4-2/h22-23,37,39,43-45,47-50,52-53,55-57H,3-21,24-36,38,40-42H2,1-2H3,(H,51,54)/b23-22-,39-37+. The number of carbonyl (C=O) groups excluding carboxylic acids is 1. The first-order valence-corrected chi connectivity index (χ1v) is 25.1. The van der Waals surface area contributed by atoms with E-state index in [0.29, 0.717) is 6.42 Å². The molecule has 0 aromatic rings. The van der Waals surface area contributed by atoms with Gasteiger partial charge in [0.2, 0.25) is 5.91 Å². The second kappa shape index (κ2) is 40.7. The Bertz CT molecular complexity index is 977. The van der Waals surface area contributed by atoms with E-state index in [1.54, 1.807) is 6.08 Å². The highest BCUT2D eigenvalue weighted by atomic mass is 16.7. The van der Waals surface area contributed by atoms with Crippen molar-refractivity contribution in [3.05, 3.63) is 24.3 Å². The number of unbranched alkanes of at least 4 members (excludes halogenated alkanes) is 30. The fourth-order valence-corrected chi connectivity index (χ4v) is 7.97. The first-order valence-electron chi connectivity index (χ1n) is 25.1. The number of ether oxygens (including phenoxy) is 2. The van der Waals surface area contributed by atoms with E-state index in [-0.39, 0.29) is 12.5 Å². The molecule has 1 saturated heterocycles. The largest absolute Gasteiger partial charge is 0.394 e. The summed E-state index contributed by atoms with van der Waals surface area (Å²) in [6.07, 6.45) is 42.4. The number of allylic oxidation sites excluding steroid dienone is 3. The molecule has 1 fully saturated rings. The molecule has 348 valence electrons. The Morgan fingerprint density at radius 1 is 0.559 bits per heavy atom. The molecule has 59 heavy (non-hydrogen) atoms. The Morgan fingerprint density at radius 3 is 1.37 bits per heavy atom. The van der Waals surface area contributed by atoms with Gasteiger partial charge < -0.3 is 40.3 Å². The third kappa shape index (κ3) is 31.2. The molecule has 0 spiro atoms. The average molecular weight is 838 g/mol. The fourth-order valence-electron chi connectivity index (χ4n) is 7.97. The Hall–Kier alpha value is -1.33. The summed E-state index contributed by atoms with van der Waals surface area (Å²) >= 11 is 0. The van der Waals surface area contributed by atoms with Crippen LogP contribution in [-0.4, -0.2) is 87.5 Å². The molecular formula is C50H95NO8. The number of aliphatic hydroxyl groups excluding tert-OH is 5. The van der Waals surface area contributed by atoms with Crippen LogP contribution in [-0.2, 0) is 14.3 Å². The number of carbonyl (C=O) groups is 1. The van der Waals surface area contributed by atoms with Crippen LogP contribution in [0.4, 0.5) is 0 Å². The quantitative estimate of drug-likeness (QED) is 0.0263. The first kappa shape index (κ1) is 55.7. The number of nitrogens with one attached hydrogen (secondary N) is 1. The monoisotopic (exact) mass is 838 g/mol. The highest BCUT2D eigenvalue weighted by Gasteiger charge is 2.44. The Balaban J connectivity index is 2.22. The van der Waals surface area contributed by atoms with Crippen molar-refractivity contribution in [2.45, 2.75) is 275 Å². The number of rotatable bonds is 42.